The van der Waals surface area contributed by atoms with Crippen molar-refractivity contribution in [1.82, 2.24) is 9.88 Å². The number of anilines is 1. The van der Waals surface area contributed by atoms with Gasteiger partial charge in [-0.1, -0.05) is 37.6 Å². The van der Waals surface area contributed by atoms with Gasteiger partial charge in [-0.25, -0.2) is 9.37 Å². The summed E-state index contributed by atoms with van der Waals surface area (Å²) in [4.78, 5) is 32.4. The number of piperazine rings is 1. The minimum atomic E-state index is -4.48. The van der Waals surface area contributed by atoms with Gasteiger partial charge in [0.15, 0.2) is 11.6 Å². The molecule has 31 heavy (non-hydrogen) atoms. The van der Waals surface area contributed by atoms with E-state index in [1.54, 1.807) is 20.8 Å². The second kappa shape index (κ2) is 8.45. The van der Waals surface area contributed by atoms with Crippen molar-refractivity contribution in [3.63, 3.8) is 0 Å². The third-order valence-corrected chi connectivity index (χ3v) is 5.42. The summed E-state index contributed by atoms with van der Waals surface area (Å²) in [6, 6.07) is 3.83. The lowest BCUT2D eigenvalue weighted by molar-refractivity contribution is -0.147. The average Bonchev–Trinajstić information content (AvgIpc) is 2.68. The summed E-state index contributed by atoms with van der Waals surface area (Å²) in [7, 11) is 0. The Morgan fingerprint density at radius 3 is 2.26 bits per heavy atom. The van der Waals surface area contributed by atoms with Gasteiger partial charge in [-0.05, 0) is 36.6 Å². The third-order valence-electron chi connectivity index (χ3n) is 5.21. The van der Waals surface area contributed by atoms with Gasteiger partial charge in [0, 0.05) is 6.20 Å². The van der Waals surface area contributed by atoms with Crippen LogP contribution in [0.1, 0.15) is 37.9 Å². The number of benzene rings is 1. The predicted octanol–water partition coefficient (Wildman–Crippen LogP) is 4.85. The molecule has 0 aliphatic carbocycles. The topological polar surface area (TPSA) is 53.5 Å². The molecule has 2 amide bonds. The van der Waals surface area contributed by atoms with Crippen LogP contribution in [0.25, 0.3) is 0 Å². The molecular weight excluding hydrogens is 438 g/mol. The zero-order valence-corrected chi connectivity index (χ0v) is 17.7. The van der Waals surface area contributed by atoms with Crippen molar-refractivity contribution in [3.05, 3.63) is 58.5 Å². The number of rotatable bonds is 4. The van der Waals surface area contributed by atoms with Gasteiger partial charge in [0.1, 0.15) is 12.6 Å². The molecule has 1 aliphatic rings. The van der Waals surface area contributed by atoms with E-state index in [4.69, 9.17) is 11.6 Å². The van der Waals surface area contributed by atoms with Crippen LogP contribution in [0.2, 0.25) is 5.02 Å². The van der Waals surface area contributed by atoms with Gasteiger partial charge in [-0.2, -0.15) is 13.2 Å². The molecule has 0 unspecified atom stereocenters. The molecule has 10 heteroatoms. The van der Waals surface area contributed by atoms with Gasteiger partial charge in [0.25, 0.3) is 5.91 Å². The number of carbonyl (C=O) groups is 2. The number of carbonyl (C=O) groups excluding carboxylic acids is 2. The summed E-state index contributed by atoms with van der Waals surface area (Å²) in [6.07, 6.45) is -3.30. The lowest BCUT2D eigenvalue weighted by Gasteiger charge is -2.44. The summed E-state index contributed by atoms with van der Waals surface area (Å²) in [6.45, 7) is 4.66. The number of nitrogens with zero attached hydrogens (tertiary/aromatic N) is 3. The van der Waals surface area contributed by atoms with Gasteiger partial charge in [-0.3, -0.25) is 14.5 Å². The maximum absolute atomic E-state index is 14.4. The van der Waals surface area contributed by atoms with E-state index in [2.05, 4.69) is 4.98 Å². The second-order valence-corrected chi connectivity index (χ2v) is 8.11. The Morgan fingerprint density at radius 2 is 1.74 bits per heavy atom. The van der Waals surface area contributed by atoms with Gasteiger partial charge in [0.2, 0.25) is 5.91 Å². The Morgan fingerprint density at radius 1 is 1.13 bits per heavy atom. The summed E-state index contributed by atoms with van der Waals surface area (Å²) in [5.41, 5.74) is -0.357. The van der Waals surface area contributed by atoms with Crippen molar-refractivity contribution in [3.8, 4) is 0 Å². The molecule has 5 nitrogen and oxygen atoms in total. The lowest BCUT2D eigenvalue weighted by atomic mass is 9.94. The summed E-state index contributed by atoms with van der Waals surface area (Å²) >= 11 is 5.72. The molecule has 1 fully saturated rings. The second-order valence-electron chi connectivity index (χ2n) is 7.67. The predicted molar refractivity (Wildman–Crippen MR) is 107 cm³/mol. The van der Waals surface area contributed by atoms with Crippen molar-refractivity contribution in [2.24, 2.45) is 5.92 Å². The SMILES string of the molecule is CC(C)[C@@H]1C(=O)N(c2ncc(Cl)cc2F)CC(=O)N1[C@@H](C)c1ccc(C(F)(F)F)cc1. The molecule has 0 N–H and O–H groups in total. The number of halogens is 5. The number of pyridine rings is 1. The molecule has 0 radical (unpaired) electrons. The average molecular weight is 458 g/mol. The van der Waals surface area contributed by atoms with Gasteiger partial charge < -0.3 is 4.90 Å². The fourth-order valence-electron chi connectivity index (χ4n) is 3.69. The van der Waals surface area contributed by atoms with E-state index in [9.17, 15) is 27.2 Å². The zero-order valence-electron chi connectivity index (χ0n) is 17.0. The first kappa shape index (κ1) is 23.0. The number of amides is 2. The molecule has 0 saturated carbocycles. The Bertz CT molecular complexity index is 995. The Balaban J connectivity index is 1.94. The standard InChI is InChI=1S/C21H20ClF4N3O2/c1-11(2)18-20(31)28(19-16(23)8-15(22)9-27-19)10-17(30)29(18)12(3)13-4-6-14(7-5-13)21(24,25)26/h4-9,11-12,18H,10H2,1-3H3/t12-,18+/m0/s1. The van der Waals surface area contributed by atoms with Crippen LogP contribution >= 0.6 is 11.6 Å². The molecule has 1 aromatic heterocycles. The molecule has 1 aromatic carbocycles. The van der Waals surface area contributed by atoms with Crippen LogP contribution in [0.3, 0.4) is 0 Å². The molecule has 2 aromatic rings. The molecule has 1 aliphatic heterocycles. The first-order valence-electron chi connectivity index (χ1n) is 9.52. The van der Waals surface area contributed by atoms with Gasteiger partial charge in [0.05, 0.1) is 16.6 Å². The summed E-state index contributed by atoms with van der Waals surface area (Å²) < 4.78 is 52.9. The first-order valence-corrected chi connectivity index (χ1v) is 9.90. The monoisotopic (exact) mass is 457 g/mol. The minimum absolute atomic E-state index is 0.0509. The highest BCUT2D eigenvalue weighted by molar-refractivity contribution is 6.30. The highest BCUT2D eigenvalue weighted by Gasteiger charge is 2.45. The minimum Gasteiger partial charge on any atom is -0.322 e. The maximum Gasteiger partial charge on any atom is 0.416 e. The number of hydrogen-bond acceptors (Lipinski definition) is 3. The van der Waals surface area contributed by atoms with E-state index < -0.39 is 48.0 Å². The Kier molecular flexibility index (Phi) is 6.27. The third kappa shape index (κ3) is 4.51. The van der Waals surface area contributed by atoms with E-state index in [0.717, 1.165) is 23.1 Å². The number of alkyl halides is 3. The smallest absolute Gasteiger partial charge is 0.322 e. The van der Waals surface area contributed by atoms with Crippen LogP contribution in [0.5, 0.6) is 0 Å². The molecule has 2 heterocycles. The van der Waals surface area contributed by atoms with E-state index in [1.807, 2.05) is 0 Å². The lowest BCUT2D eigenvalue weighted by Crippen LogP contribution is -2.62. The molecule has 3 rings (SSSR count). The number of hydrogen-bond donors (Lipinski definition) is 0. The first-order chi connectivity index (χ1) is 14.4. The van der Waals surface area contributed by atoms with Crippen LogP contribution in [0, 0.1) is 11.7 Å². The van der Waals surface area contributed by atoms with Gasteiger partial charge in [-0.15, -0.1) is 0 Å². The Hall–Kier alpha value is -2.68. The summed E-state index contributed by atoms with van der Waals surface area (Å²) in [5.74, 6) is -2.47. The molecule has 2 atom stereocenters. The van der Waals surface area contributed by atoms with Crippen molar-refractivity contribution in [1.29, 1.82) is 0 Å². The summed E-state index contributed by atoms with van der Waals surface area (Å²) in [5, 5.41) is 0.0509. The van der Waals surface area contributed by atoms with E-state index in [1.165, 1.54) is 23.2 Å². The molecule has 0 spiro atoms. The highest BCUT2D eigenvalue weighted by atomic mass is 35.5. The fourth-order valence-corrected chi connectivity index (χ4v) is 3.83. The Labute approximate surface area is 181 Å². The van der Waals surface area contributed by atoms with Crippen LogP contribution in [-0.4, -0.2) is 34.3 Å². The zero-order chi connectivity index (χ0) is 23.1. The van der Waals surface area contributed by atoms with Crippen LogP contribution in [-0.2, 0) is 15.8 Å². The van der Waals surface area contributed by atoms with Gasteiger partial charge >= 0.3 is 6.18 Å². The quantitative estimate of drug-likeness (QED) is 0.616. The van der Waals surface area contributed by atoms with Crippen molar-refractivity contribution in [2.75, 3.05) is 11.4 Å². The highest BCUT2D eigenvalue weighted by Crippen LogP contribution is 2.34. The van der Waals surface area contributed by atoms with Crippen molar-refractivity contribution >= 4 is 29.2 Å². The van der Waals surface area contributed by atoms with E-state index in [-0.39, 0.29) is 16.8 Å². The molecular formula is C21H20ClF4N3O2. The number of aromatic nitrogens is 1. The largest absolute Gasteiger partial charge is 0.416 e. The van der Waals surface area contributed by atoms with Crippen LogP contribution in [0.4, 0.5) is 23.4 Å². The van der Waals surface area contributed by atoms with Crippen LogP contribution in [0.15, 0.2) is 36.5 Å². The van der Waals surface area contributed by atoms with E-state index >= 15 is 0 Å². The molecule has 166 valence electrons. The van der Waals surface area contributed by atoms with E-state index in [0.29, 0.717) is 5.56 Å². The van der Waals surface area contributed by atoms with Crippen LogP contribution < -0.4 is 4.90 Å². The fraction of sp³-hybridized carbons (Fsp3) is 0.381. The molecule has 1 saturated heterocycles. The normalized spacial score (nSPS) is 18.7. The molecule has 0 bridgehead atoms. The van der Waals surface area contributed by atoms with Crippen molar-refractivity contribution in [2.45, 2.75) is 39.0 Å². The van der Waals surface area contributed by atoms with Crippen molar-refractivity contribution < 1.29 is 27.2 Å². The maximum atomic E-state index is 14.4.